The van der Waals surface area contributed by atoms with Gasteiger partial charge >= 0.3 is 5.69 Å². The molecule has 1 atom stereocenters. The van der Waals surface area contributed by atoms with Gasteiger partial charge in [0.05, 0.1) is 17.8 Å². The van der Waals surface area contributed by atoms with Gasteiger partial charge < -0.3 is 15.0 Å². The van der Waals surface area contributed by atoms with Crippen molar-refractivity contribution in [2.24, 2.45) is 5.92 Å². The number of likely N-dealkylation sites (tertiary alicyclic amines) is 1. The van der Waals surface area contributed by atoms with Crippen LogP contribution in [-0.4, -0.2) is 55.3 Å². The van der Waals surface area contributed by atoms with Crippen LogP contribution >= 0.6 is 11.8 Å². The van der Waals surface area contributed by atoms with Crippen LogP contribution in [0.1, 0.15) is 12.0 Å². The van der Waals surface area contributed by atoms with Crippen LogP contribution in [0, 0.1) is 16.0 Å². The van der Waals surface area contributed by atoms with Gasteiger partial charge in [0, 0.05) is 24.9 Å². The Bertz CT molecular complexity index is 597. The number of thioether (sulfide) groups is 1. The number of amides is 1. The first-order valence-corrected chi connectivity index (χ1v) is 9.02. The van der Waals surface area contributed by atoms with Crippen LogP contribution in [0.2, 0.25) is 0 Å². The fourth-order valence-electron chi connectivity index (χ4n) is 2.83. The summed E-state index contributed by atoms with van der Waals surface area (Å²) in [6.45, 7) is 2.57. The molecule has 1 heterocycles. The molecule has 2 rings (SSSR count). The standard InChI is InChI=1S/C16H23N3O4S/c1-17-8-13-5-6-18(9-13)16(20)11-24-10-12-3-4-15(23-2)14(7-12)19(21)22/h3-4,7,13,17H,5-6,8-11H2,1-2H3. The largest absolute Gasteiger partial charge is 0.490 e. The molecule has 0 spiro atoms. The predicted octanol–water partition coefficient (Wildman–Crippen LogP) is 1.90. The number of nitro benzene ring substituents is 1. The molecule has 0 bridgehead atoms. The lowest BCUT2D eigenvalue weighted by Gasteiger charge is -2.16. The van der Waals surface area contributed by atoms with Crippen molar-refractivity contribution in [1.29, 1.82) is 0 Å². The summed E-state index contributed by atoms with van der Waals surface area (Å²) >= 11 is 1.48. The number of benzene rings is 1. The lowest BCUT2D eigenvalue weighted by molar-refractivity contribution is -0.385. The van der Waals surface area contributed by atoms with Crippen molar-refractivity contribution in [2.75, 3.05) is 39.5 Å². The molecule has 1 fully saturated rings. The van der Waals surface area contributed by atoms with Crippen LogP contribution in [0.3, 0.4) is 0 Å². The zero-order valence-corrected chi connectivity index (χ0v) is 14.8. The molecule has 1 unspecified atom stereocenters. The quantitative estimate of drug-likeness (QED) is 0.568. The number of hydrogen-bond acceptors (Lipinski definition) is 6. The molecule has 1 aliphatic rings. The molecular weight excluding hydrogens is 330 g/mol. The number of ether oxygens (including phenoxy) is 1. The number of nitrogens with zero attached hydrogens (tertiary/aromatic N) is 2. The molecule has 132 valence electrons. The number of methoxy groups -OCH3 is 1. The minimum Gasteiger partial charge on any atom is -0.490 e. The van der Waals surface area contributed by atoms with Crippen LogP contribution in [-0.2, 0) is 10.5 Å². The van der Waals surface area contributed by atoms with Gasteiger partial charge in [-0.05, 0) is 37.6 Å². The van der Waals surface area contributed by atoms with E-state index in [0.29, 0.717) is 17.4 Å². The van der Waals surface area contributed by atoms with Crippen molar-refractivity contribution in [3.8, 4) is 5.75 Å². The normalized spacial score (nSPS) is 17.1. The second kappa shape index (κ2) is 8.89. The van der Waals surface area contributed by atoms with Crippen LogP contribution < -0.4 is 10.1 Å². The Balaban J connectivity index is 1.83. The van der Waals surface area contributed by atoms with Gasteiger partial charge in [0.25, 0.3) is 0 Å². The third kappa shape index (κ3) is 4.85. The minimum atomic E-state index is -0.454. The Kier molecular flexibility index (Phi) is 6.86. The van der Waals surface area contributed by atoms with E-state index in [1.54, 1.807) is 12.1 Å². The lowest BCUT2D eigenvalue weighted by Crippen LogP contribution is -2.31. The highest BCUT2D eigenvalue weighted by atomic mass is 32.2. The molecule has 1 aromatic carbocycles. The second-order valence-corrected chi connectivity index (χ2v) is 6.79. The molecule has 0 aliphatic carbocycles. The maximum Gasteiger partial charge on any atom is 0.311 e. The molecule has 0 saturated carbocycles. The third-order valence-corrected chi connectivity index (χ3v) is 5.05. The van der Waals surface area contributed by atoms with E-state index < -0.39 is 4.92 Å². The van der Waals surface area contributed by atoms with E-state index >= 15 is 0 Å². The average molecular weight is 353 g/mol. The molecule has 0 aromatic heterocycles. The van der Waals surface area contributed by atoms with E-state index in [2.05, 4.69) is 5.32 Å². The molecule has 7 nitrogen and oxygen atoms in total. The first-order chi connectivity index (χ1) is 11.5. The molecule has 24 heavy (non-hydrogen) atoms. The van der Waals surface area contributed by atoms with Crippen LogP contribution in [0.4, 0.5) is 5.69 Å². The Morgan fingerprint density at radius 3 is 3.00 bits per heavy atom. The van der Waals surface area contributed by atoms with Crippen molar-refractivity contribution in [3.63, 3.8) is 0 Å². The lowest BCUT2D eigenvalue weighted by atomic mass is 10.1. The summed E-state index contributed by atoms with van der Waals surface area (Å²) in [6, 6.07) is 4.90. The molecule has 1 saturated heterocycles. The van der Waals surface area contributed by atoms with E-state index in [4.69, 9.17) is 4.74 Å². The Labute approximate surface area is 145 Å². The Morgan fingerprint density at radius 1 is 1.54 bits per heavy atom. The van der Waals surface area contributed by atoms with E-state index in [9.17, 15) is 14.9 Å². The number of nitrogens with one attached hydrogen (secondary N) is 1. The minimum absolute atomic E-state index is 0.0450. The summed E-state index contributed by atoms with van der Waals surface area (Å²) < 4.78 is 4.99. The molecule has 1 amide bonds. The van der Waals surface area contributed by atoms with Gasteiger partial charge in [-0.25, -0.2) is 0 Å². The van der Waals surface area contributed by atoms with E-state index in [1.165, 1.54) is 24.9 Å². The van der Waals surface area contributed by atoms with E-state index in [1.807, 2.05) is 11.9 Å². The van der Waals surface area contributed by atoms with Crippen molar-refractivity contribution in [2.45, 2.75) is 12.2 Å². The van der Waals surface area contributed by atoms with Gasteiger partial charge in [-0.2, -0.15) is 0 Å². The summed E-state index contributed by atoms with van der Waals surface area (Å²) in [5.41, 5.74) is 0.770. The number of nitro groups is 1. The fourth-order valence-corrected chi connectivity index (χ4v) is 3.70. The summed E-state index contributed by atoms with van der Waals surface area (Å²) in [5.74, 6) is 1.88. The number of rotatable bonds is 8. The zero-order valence-electron chi connectivity index (χ0n) is 14.0. The fraction of sp³-hybridized carbons (Fsp3) is 0.562. The number of hydrogen-bond donors (Lipinski definition) is 1. The first kappa shape index (κ1) is 18.5. The molecule has 0 radical (unpaired) electrons. The van der Waals surface area contributed by atoms with Gasteiger partial charge in [-0.15, -0.1) is 11.8 Å². The predicted molar refractivity (Wildman–Crippen MR) is 94.4 cm³/mol. The van der Waals surface area contributed by atoms with E-state index in [0.717, 1.165) is 31.6 Å². The zero-order chi connectivity index (χ0) is 17.5. The van der Waals surface area contributed by atoms with Crippen molar-refractivity contribution in [1.82, 2.24) is 10.2 Å². The molecule has 1 aliphatic heterocycles. The maximum absolute atomic E-state index is 12.2. The van der Waals surface area contributed by atoms with Crippen LogP contribution in [0.15, 0.2) is 18.2 Å². The average Bonchev–Trinajstić information content (AvgIpc) is 3.03. The highest BCUT2D eigenvalue weighted by Gasteiger charge is 2.25. The van der Waals surface area contributed by atoms with Gasteiger partial charge in [0.2, 0.25) is 5.91 Å². The number of carbonyl (C=O) groups is 1. The number of carbonyl (C=O) groups excluding carboxylic acids is 1. The van der Waals surface area contributed by atoms with Gasteiger partial charge in [-0.1, -0.05) is 6.07 Å². The Morgan fingerprint density at radius 2 is 2.33 bits per heavy atom. The van der Waals surface area contributed by atoms with Gasteiger partial charge in [-0.3, -0.25) is 14.9 Å². The van der Waals surface area contributed by atoms with Crippen LogP contribution in [0.5, 0.6) is 5.75 Å². The third-order valence-electron chi connectivity index (χ3n) is 4.07. The second-order valence-electron chi connectivity index (χ2n) is 5.81. The van der Waals surface area contributed by atoms with Gasteiger partial charge in [0.1, 0.15) is 0 Å². The molecule has 1 N–H and O–H groups in total. The van der Waals surface area contributed by atoms with Crippen LogP contribution in [0.25, 0.3) is 0 Å². The highest BCUT2D eigenvalue weighted by molar-refractivity contribution is 7.99. The SMILES string of the molecule is CNCC1CCN(C(=O)CSCc2ccc(OC)c([N+](=O)[O-])c2)C1. The van der Waals surface area contributed by atoms with E-state index in [-0.39, 0.29) is 17.3 Å². The highest BCUT2D eigenvalue weighted by Crippen LogP contribution is 2.29. The smallest absolute Gasteiger partial charge is 0.311 e. The summed E-state index contributed by atoms with van der Waals surface area (Å²) in [7, 11) is 3.33. The summed E-state index contributed by atoms with van der Waals surface area (Å²) in [4.78, 5) is 24.7. The van der Waals surface area contributed by atoms with Crippen molar-refractivity contribution >= 4 is 23.4 Å². The topological polar surface area (TPSA) is 84.7 Å². The van der Waals surface area contributed by atoms with Crippen molar-refractivity contribution < 1.29 is 14.5 Å². The molecule has 8 heteroatoms. The van der Waals surface area contributed by atoms with Crippen molar-refractivity contribution in [3.05, 3.63) is 33.9 Å². The summed E-state index contributed by atoms with van der Waals surface area (Å²) in [5, 5.41) is 14.2. The maximum atomic E-state index is 12.2. The molecular formula is C16H23N3O4S. The Hall–Kier alpha value is -1.80. The first-order valence-electron chi connectivity index (χ1n) is 7.86. The van der Waals surface area contributed by atoms with Gasteiger partial charge in [0.15, 0.2) is 5.75 Å². The molecule has 1 aromatic rings. The summed E-state index contributed by atoms with van der Waals surface area (Å²) in [6.07, 6.45) is 1.04. The monoisotopic (exact) mass is 353 g/mol.